The Kier molecular flexibility index (Phi) is 1.85. The van der Waals surface area contributed by atoms with Gasteiger partial charge in [0.15, 0.2) is 0 Å². The first-order chi connectivity index (χ1) is 8.16. The van der Waals surface area contributed by atoms with Gasteiger partial charge < -0.3 is 10.0 Å². The van der Waals surface area contributed by atoms with E-state index in [-0.39, 0.29) is 6.04 Å². The lowest BCUT2D eigenvalue weighted by molar-refractivity contribution is 0.0333. The molecule has 2 saturated heterocycles. The molecule has 4 nitrogen and oxygen atoms in total. The van der Waals surface area contributed by atoms with Crippen LogP contribution in [0.25, 0.3) is 0 Å². The third-order valence-electron chi connectivity index (χ3n) is 4.61. The van der Waals surface area contributed by atoms with E-state index in [9.17, 15) is 5.11 Å². The second-order valence-corrected chi connectivity index (χ2v) is 6.01. The van der Waals surface area contributed by atoms with Crippen molar-refractivity contribution in [1.29, 1.82) is 0 Å². The van der Waals surface area contributed by atoms with E-state index in [0.29, 0.717) is 17.1 Å². The van der Waals surface area contributed by atoms with Crippen LogP contribution in [0.3, 0.4) is 0 Å². The maximum atomic E-state index is 10.6. The zero-order valence-corrected chi connectivity index (χ0v) is 10.1. The molecule has 4 unspecified atom stereocenters. The molecule has 1 aromatic rings. The van der Waals surface area contributed by atoms with E-state index in [4.69, 9.17) is 11.6 Å². The molecule has 1 N–H and O–H groups in total. The third-order valence-corrected chi connectivity index (χ3v) is 4.81. The van der Waals surface area contributed by atoms with Gasteiger partial charge in [-0.2, -0.15) is 0 Å². The minimum atomic E-state index is -0.477. The highest BCUT2D eigenvalue weighted by Crippen LogP contribution is 2.55. The summed E-state index contributed by atoms with van der Waals surface area (Å²) in [6.45, 7) is 0. The Morgan fingerprint density at radius 1 is 1.29 bits per heavy atom. The number of anilines is 1. The average Bonchev–Trinajstić information content (AvgIpc) is 2.62. The Hall–Kier alpha value is -0.870. The number of nitrogens with zero attached hydrogens (tertiary/aromatic N) is 3. The number of piperidine rings is 1. The Labute approximate surface area is 105 Å². The molecule has 2 saturated carbocycles. The molecular weight excluding hydrogens is 238 g/mol. The molecule has 5 rings (SSSR count). The summed E-state index contributed by atoms with van der Waals surface area (Å²) in [6, 6.07) is 0.676. The first kappa shape index (κ1) is 10.1. The van der Waals surface area contributed by atoms with Crippen LogP contribution in [0, 0.1) is 5.92 Å². The lowest BCUT2D eigenvalue weighted by atomic mass is 9.85. The minimum Gasteiger partial charge on any atom is -0.388 e. The van der Waals surface area contributed by atoms with Gasteiger partial charge in [0.2, 0.25) is 0 Å². The summed E-state index contributed by atoms with van der Waals surface area (Å²) in [5.41, 5.74) is -0.477. The van der Waals surface area contributed by atoms with Gasteiger partial charge in [-0.3, -0.25) is 0 Å². The molecule has 0 aromatic carbocycles. The molecule has 3 heterocycles. The summed E-state index contributed by atoms with van der Waals surface area (Å²) in [5, 5.41) is 11.0. The standard InChI is InChI=1S/C12H14ClN3O/c13-10-5-15-11(6-14-10)16-8-1-7-2-9(16)12(17,3-7)4-8/h5-9,17H,1-4H2. The SMILES string of the molecule is OC12CC3CC(C1)N(c1cnc(Cl)cn1)C2C3. The van der Waals surface area contributed by atoms with Crippen molar-refractivity contribution in [2.24, 2.45) is 5.92 Å². The van der Waals surface area contributed by atoms with Crippen LogP contribution in [0.15, 0.2) is 12.4 Å². The van der Waals surface area contributed by atoms with Crippen molar-refractivity contribution >= 4 is 17.4 Å². The predicted octanol–water partition coefficient (Wildman–Crippen LogP) is 1.62. The summed E-state index contributed by atoms with van der Waals surface area (Å²) in [6.07, 6.45) is 7.43. The summed E-state index contributed by atoms with van der Waals surface area (Å²) in [7, 11) is 0. The van der Waals surface area contributed by atoms with E-state index >= 15 is 0 Å². The van der Waals surface area contributed by atoms with Gasteiger partial charge in [-0.1, -0.05) is 11.6 Å². The fourth-order valence-electron chi connectivity index (χ4n) is 4.15. The maximum absolute atomic E-state index is 10.6. The van der Waals surface area contributed by atoms with Crippen LogP contribution in [-0.2, 0) is 0 Å². The van der Waals surface area contributed by atoms with Crippen LogP contribution in [0.5, 0.6) is 0 Å². The lowest BCUT2D eigenvalue weighted by Crippen LogP contribution is -2.43. The number of aromatic nitrogens is 2. The van der Waals surface area contributed by atoms with Crippen LogP contribution >= 0.6 is 11.6 Å². The van der Waals surface area contributed by atoms with Crippen LogP contribution in [-0.4, -0.2) is 32.8 Å². The summed E-state index contributed by atoms with van der Waals surface area (Å²) >= 11 is 5.76. The summed E-state index contributed by atoms with van der Waals surface area (Å²) < 4.78 is 0. The monoisotopic (exact) mass is 251 g/mol. The Morgan fingerprint density at radius 3 is 2.88 bits per heavy atom. The zero-order chi connectivity index (χ0) is 11.6. The van der Waals surface area contributed by atoms with Gasteiger partial charge >= 0.3 is 0 Å². The van der Waals surface area contributed by atoms with Gasteiger partial charge in [0.1, 0.15) is 11.0 Å². The lowest BCUT2D eigenvalue weighted by Gasteiger charge is -2.36. The summed E-state index contributed by atoms with van der Waals surface area (Å²) in [4.78, 5) is 10.7. The fraction of sp³-hybridized carbons (Fsp3) is 0.667. The molecule has 0 radical (unpaired) electrons. The largest absolute Gasteiger partial charge is 0.388 e. The maximum Gasteiger partial charge on any atom is 0.147 e. The number of hydrogen-bond donors (Lipinski definition) is 1. The van der Waals surface area contributed by atoms with Gasteiger partial charge in [0.05, 0.1) is 24.0 Å². The van der Waals surface area contributed by atoms with Crippen LogP contribution in [0.2, 0.25) is 5.15 Å². The minimum absolute atomic E-state index is 0.238. The quantitative estimate of drug-likeness (QED) is 0.824. The third kappa shape index (κ3) is 1.28. The number of aliphatic hydroxyl groups is 1. The molecule has 2 aliphatic heterocycles. The Bertz CT molecular complexity index is 465. The normalized spacial score (nSPS) is 42.5. The van der Waals surface area contributed by atoms with E-state index < -0.39 is 5.60 Å². The highest BCUT2D eigenvalue weighted by atomic mass is 35.5. The molecule has 17 heavy (non-hydrogen) atoms. The number of rotatable bonds is 1. The molecule has 0 amide bonds. The van der Waals surface area contributed by atoms with Gasteiger partial charge in [0, 0.05) is 6.04 Å². The van der Waals surface area contributed by atoms with E-state index in [1.807, 2.05) is 0 Å². The van der Waals surface area contributed by atoms with Crippen LogP contribution in [0.4, 0.5) is 5.82 Å². The first-order valence-electron chi connectivity index (χ1n) is 6.14. The van der Waals surface area contributed by atoms with E-state index in [2.05, 4.69) is 14.9 Å². The van der Waals surface area contributed by atoms with Crippen LogP contribution < -0.4 is 4.90 Å². The number of halogens is 1. The highest BCUT2D eigenvalue weighted by Gasteiger charge is 2.61. The summed E-state index contributed by atoms with van der Waals surface area (Å²) in [5.74, 6) is 1.57. The van der Waals surface area contributed by atoms with E-state index in [0.717, 1.165) is 25.1 Å². The predicted molar refractivity (Wildman–Crippen MR) is 64.0 cm³/mol. The van der Waals surface area contributed by atoms with Gasteiger partial charge in [-0.15, -0.1) is 0 Å². The molecule has 90 valence electrons. The average molecular weight is 252 g/mol. The Balaban J connectivity index is 1.74. The first-order valence-corrected chi connectivity index (χ1v) is 6.52. The molecule has 0 spiro atoms. The smallest absolute Gasteiger partial charge is 0.147 e. The number of hydrogen-bond acceptors (Lipinski definition) is 4. The van der Waals surface area contributed by atoms with Crippen molar-refractivity contribution in [3.8, 4) is 0 Å². The van der Waals surface area contributed by atoms with Crippen molar-refractivity contribution in [2.75, 3.05) is 4.90 Å². The second-order valence-electron chi connectivity index (χ2n) is 5.62. The van der Waals surface area contributed by atoms with Crippen molar-refractivity contribution in [3.05, 3.63) is 17.5 Å². The van der Waals surface area contributed by atoms with Crippen molar-refractivity contribution in [2.45, 2.75) is 43.4 Å². The topological polar surface area (TPSA) is 49.2 Å². The molecule has 2 aliphatic carbocycles. The van der Waals surface area contributed by atoms with Crippen molar-refractivity contribution in [3.63, 3.8) is 0 Å². The molecule has 4 bridgehead atoms. The van der Waals surface area contributed by atoms with Crippen molar-refractivity contribution < 1.29 is 5.11 Å². The second kappa shape index (κ2) is 3.12. The van der Waals surface area contributed by atoms with Gasteiger partial charge in [0.25, 0.3) is 0 Å². The molecule has 4 aliphatic rings. The molecular formula is C12H14ClN3O. The molecule has 4 atom stereocenters. The fourth-order valence-corrected chi connectivity index (χ4v) is 4.25. The van der Waals surface area contributed by atoms with E-state index in [1.54, 1.807) is 12.4 Å². The Morgan fingerprint density at radius 2 is 2.18 bits per heavy atom. The van der Waals surface area contributed by atoms with Crippen molar-refractivity contribution in [1.82, 2.24) is 9.97 Å². The van der Waals surface area contributed by atoms with E-state index in [1.165, 1.54) is 6.42 Å². The van der Waals surface area contributed by atoms with Gasteiger partial charge in [-0.05, 0) is 31.6 Å². The molecule has 1 aromatic heterocycles. The zero-order valence-electron chi connectivity index (χ0n) is 9.38. The highest BCUT2D eigenvalue weighted by molar-refractivity contribution is 6.29. The molecule has 4 fully saturated rings. The van der Waals surface area contributed by atoms with Gasteiger partial charge in [-0.25, -0.2) is 9.97 Å². The molecule has 5 heteroatoms. The van der Waals surface area contributed by atoms with Crippen LogP contribution in [0.1, 0.15) is 25.7 Å².